The molecule has 100 valence electrons. The molecule has 1 aromatic heterocycles. The minimum Gasteiger partial charge on any atom is -0.482 e. The summed E-state index contributed by atoms with van der Waals surface area (Å²) in [6.07, 6.45) is 0. The zero-order valence-electron chi connectivity index (χ0n) is 10.3. The van der Waals surface area contributed by atoms with Crippen LogP contribution < -0.4 is 10.5 Å². The van der Waals surface area contributed by atoms with Gasteiger partial charge in [-0.05, 0) is 19.1 Å². The van der Waals surface area contributed by atoms with Crippen molar-refractivity contribution < 1.29 is 18.9 Å². The number of hydrogen-bond acceptors (Lipinski definition) is 7. The van der Waals surface area contributed by atoms with E-state index in [-0.39, 0.29) is 13.2 Å². The minimum absolute atomic E-state index is 0.00839. The predicted octanol–water partition coefficient (Wildman–Crippen LogP) is 1.08. The number of anilines is 1. The van der Waals surface area contributed by atoms with Gasteiger partial charge in [-0.25, -0.2) is 9.42 Å². The van der Waals surface area contributed by atoms with Gasteiger partial charge in [-0.3, -0.25) is 0 Å². The first-order chi connectivity index (χ1) is 9.15. The standard InChI is InChI=1S/C12H13N3O4/c1-8-11(15-19-14-8)6-18-12(16)7-17-10-4-2-3-9(13)5-10/h2-5H,6-7,13H2,1H3. The number of aryl methyl sites for hydroxylation is 1. The van der Waals surface area contributed by atoms with Gasteiger partial charge in [0.15, 0.2) is 6.61 Å². The van der Waals surface area contributed by atoms with Crippen LogP contribution in [-0.2, 0) is 16.1 Å². The van der Waals surface area contributed by atoms with Crippen LogP contribution in [0.4, 0.5) is 5.69 Å². The van der Waals surface area contributed by atoms with Crippen molar-refractivity contribution >= 4 is 11.7 Å². The molecule has 0 radical (unpaired) electrons. The summed E-state index contributed by atoms with van der Waals surface area (Å²) in [4.78, 5) is 11.5. The Kier molecular flexibility index (Phi) is 3.97. The summed E-state index contributed by atoms with van der Waals surface area (Å²) in [5, 5.41) is 7.17. The number of esters is 1. The van der Waals surface area contributed by atoms with Gasteiger partial charge in [-0.15, -0.1) is 0 Å². The molecule has 1 heterocycles. The van der Waals surface area contributed by atoms with E-state index in [0.717, 1.165) is 0 Å². The fourth-order valence-electron chi connectivity index (χ4n) is 1.32. The zero-order valence-corrected chi connectivity index (χ0v) is 10.3. The number of nitrogen functional groups attached to an aromatic ring is 1. The molecule has 0 saturated heterocycles. The first-order valence-corrected chi connectivity index (χ1v) is 5.57. The summed E-state index contributed by atoms with van der Waals surface area (Å²) in [5.74, 6) is 0.000979. The Morgan fingerprint density at radius 3 is 2.95 bits per heavy atom. The highest BCUT2D eigenvalue weighted by Gasteiger charge is 2.09. The lowest BCUT2D eigenvalue weighted by molar-refractivity contribution is -0.147. The maximum Gasteiger partial charge on any atom is 0.344 e. The Bertz CT molecular complexity index is 568. The van der Waals surface area contributed by atoms with Crippen molar-refractivity contribution in [1.82, 2.24) is 10.3 Å². The van der Waals surface area contributed by atoms with Gasteiger partial charge < -0.3 is 15.2 Å². The van der Waals surface area contributed by atoms with Gasteiger partial charge >= 0.3 is 5.97 Å². The van der Waals surface area contributed by atoms with Crippen LogP contribution in [0.5, 0.6) is 5.75 Å². The van der Waals surface area contributed by atoms with Crippen LogP contribution in [0.3, 0.4) is 0 Å². The van der Waals surface area contributed by atoms with Gasteiger partial charge in [0.2, 0.25) is 0 Å². The van der Waals surface area contributed by atoms with Gasteiger partial charge in [0.1, 0.15) is 23.7 Å². The lowest BCUT2D eigenvalue weighted by Crippen LogP contribution is -2.15. The second-order valence-corrected chi connectivity index (χ2v) is 3.82. The van der Waals surface area contributed by atoms with Gasteiger partial charge in [-0.2, -0.15) is 0 Å². The average Bonchev–Trinajstić information content (AvgIpc) is 2.80. The van der Waals surface area contributed by atoms with Crippen molar-refractivity contribution in [1.29, 1.82) is 0 Å². The summed E-state index contributed by atoms with van der Waals surface area (Å²) >= 11 is 0. The molecule has 0 fully saturated rings. The summed E-state index contributed by atoms with van der Waals surface area (Å²) in [5.41, 5.74) is 7.22. The van der Waals surface area contributed by atoms with Crippen molar-refractivity contribution in [3.8, 4) is 5.75 Å². The molecule has 2 N–H and O–H groups in total. The molecule has 0 bridgehead atoms. The van der Waals surface area contributed by atoms with Crippen molar-refractivity contribution in [3.05, 3.63) is 35.7 Å². The summed E-state index contributed by atoms with van der Waals surface area (Å²) in [7, 11) is 0. The van der Waals surface area contributed by atoms with Crippen LogP contribution in [-0.4, -0.2) is 22.9 Å². The third-order valence-corrected chi connectivity index (χ3v) is 2.33. The number of rotatable bonds is 5. The molecule has 0 spiro atoms. The molecule has 0 unspecified atom stereocenters. The summed E-state index contributed by atoms with van der Waals surface area (Å²) in [6, 6.07) is 6.79. The molecule has 0 saturated carbocycles. The molecule has 0 aliphatic rings. The summed E-state index contributed by atoms with van der Waals surface area (Å²) < 4.78 is 14.7. The predicted molar refractivity (Wildman–Crippen MR) is 65.2 cm³/mol. The number of carbonyl (C=O) groups excluding carboxylic acids is 1. The molecule has 7 nitrogen and oxygen atoms in total. The maximum absolute atomic E-state index is 11.5. The third kappa shape index (κ3) is 3.70. The molecular weight excluding hydrogens is 250 g/mol. The SMILES string of the molecule is Cc1nonc1COC(=O)COc1cccc(N)c1. The molecule has 0 aliphatic carbocycles. The zero-order chi connectivity index (χ0) is 13.7. The largest absolute Gasteiger partial charge is 0.482 e. The van der Waals surface area contributed by atoms with E-state index in [1.165, 1.54) is 0 Å². The van der Waals surface area contributed by atoms with E-state index in [2.05, 4.69) is 14.9 Å². The van der Waals surface area contributed by atoms with Crippen molar-refractivity contribution in [3.63, 3.8) is 0 Å². The second kappa shape index (κ2) is 5.85. The van der Waals surface area contributed by atoms with Crippen LogP contribution >= 0.6 is 0 Å². The molecule has 0 atom stereocenters. The van der Waals surface area contributed by atoms with Crippen LogP contribution in [0, 0.1) is 6.92 Å². The normalized spacial score (nSPS) is 10.2. The van der Waals surface area contributed by atoms with Crippen LogP contribution in [0.25, 0.3) is 0 Å². The van der Waals surface area contributed by atoms with E-state index in [1.807, 2.05) is 0 Å². The Morgan fingerprint density at radius 1 is 1.42 bits per heavy atom. The van der Waals surface area contributed by atoms with E-state index in [0.29, 0.717) is 22.8 Å². The lowest BCUT2D eigenvalue weighted by Gasteiger charge is -2.06. The average molecular weight is 263 g/mol. The first kappa shape index (κ1) is 12.9. The monoisotopic (exact) mass is 263 g/mol. The quantitative estimate of drug-likeness (QED) is 0.636. The van der Waals surface area contributed by atoms with E-state index in [1.54, 1.807) is 31.2 Å². The first-order valence-electron chi connectivity index (χ1n) is 5.57. The molecule has 0 aliphatic heterocycles. The van der Waals surface area contributed by atoms with Crippen molar-refractivity contribution in [2.45, 2.75) is 13.5 Å². The molecule has 2 rings (SSSR count). The van der Waals surface area contributed by atoms with Crippen molar-refractivity contribution in [2.24, 2.45) is 0 Å². The smallest absolute Gasteiger partial charge is 0.344 e. The van der Waals surface area contributed by atoms with E-state index < -0.39 is 5.97 Å². The van der Waals surface area contributed by atoms with Gasteiger partial charge in [0.05, 0.1) is 0 Å². The second-order valence-electron chi connectivity index (χ2n) is 3.82. The molecule has 0 amide bonds. The number of aromatic nitrogens is 2. The Labute approximate surface area is 109 Å². The molecular formula is C12H13N3O4. The Morgan fingerprint density at radius 2 is 2.26 bits per heavy atom. The lowest BCUT2D eigenvalue weighted by atomic mass is 10.3. The highest BCUT2D eigenvalue weighted by atomic mass is 16.6. The number of ether oxygens (including phenoxy) is 2. The van der Waals surface area contributed by atoms with E-state index >= 15 is 0 Å². The topological polar surface area (TPSA) is 100 Å². The van der Waals surface area contributed by atoms with Crippen LogP contribution in [0.1, 0.15) is 11.4 Å². The van der Waals surface area contributed by atoms with Gasteiger partial charge in [-0.1, -0.05) is 16.4 Å². The molecule has 19 heavy (non-hydrogen) atoms. The number of carbonyl (C=O) groups is 1. The van der Waals surface area contributed by atoms with E-state index in [4.69, 9.17) is 15.2 Å². The van der Waals surface area contributed by atoms with Crippen LogP contribution in [0.2, 0.25) is 0 Å². The van der Waals surface area contributed by atoms with Crippen LogP contribution in [0.15, 0.2) is 28.9 Å². The fourth-order valence-corrected chi connectivity index (χ4v) is 1.32. The highest BCUT2D eigenvalue weighted by molar-refractivity contribution is 5.71. The molecule has 7 heteroatoms. The highest BCUT2D eigenvalue weighted by Crippen LogP contribution is 2.14. The molecule has 2 aromatic rings. The fraction of sp³-hybridized carbons (Fsp3) is 0.250. The maximum atomic E-state index is 11.5. The number of nitrogens with zero attached hydrogens (tertiary/aromatic N) is 2. The van der Waals surface area contributed by atoms with E-state index in [9.17, 15) is 4.79 Å². The Hall–Kier alpha value is -2.57. The summed E-state index contributed by atoms with van der Waals surface area (Å²) in [6.45, 7) is 1.52. The third-order valence-electron chi connectivity index (χ3n) is 2.33. The van der Waals surface area contributed by atoms with Gasteiger partial charge in [0, 0.05) is 11.8 Å². The number of benzene rings is 1. The van der Waals surface area contributed by atoms with Crippen molar-refractivity contribution in [2.75, 3.05) is 12.3 Å². The minimum atomic E-state index is -0.509. The van der Waals surface area contributed by atoms with Gasteiger partial charge in [0.25, 0.3) is 0 Å². The Balaban J connectivity index is 1.77. The molecule has 1 aromatic carbocycles. The number of hydrogen-bond donors (Lipinski definition) is 1. The number of nitrogens with two attached hydrogens (primary N) is 1.